The molecule has 0 saturated heterocycles. The van der Waals surface area contributed by atoms with E-state index in [2.05, 4.69) is 5.32 Å². The minimum Gasteiger partial charge on any atom is -0.497 e. The zero-order chi connectivity index (χ0) is 14.4. The Balaban J connectivity index is 2.10. The standard InChI is InChI=1S/C16H17NO3/c1-19-14-8-9-15(20-2)12(10-14)11-16(18)17-13-6-4-3-5-7-13/h3-10H,11H2,1-2H3,(H,17,18). The summed E-state index contributed by atoms with van der Waals surface area (Å²) in [5, 5.41) is 2.84. The fourth-order valence-electron chi connectivity index (χ4n) is 1.92. The van der Waals surface area contributed by atoms with Gasteiger partial charge >= 0.3 is 0 Å². The van der Waals surface area contributed by atoms with Gasteiger partial charge in [0, 0.05) is 11.3 Å². The SMILES string of the molecule is COc1ccc(OC)c(CC(=O)Nc2ccccc2)c1. The first kappa shape index (κ1) is 13.9. The van der Waals surface area contributed by atoms with Crippen molar-refractivity contribution in [2.75, 3.05) is 19.5 Å². The highest BCUT2D eigenvalue weighted by molar-refractivity contribution is 5.92. The van der Waals surface area contributed by atoms with E-state index in [0.29, 0.717) is 11.5 Å². The summed E-state index contributed by atoms with van der Waals surface area (Å²) in [6.45, 7) is 0. The molecular weight excluding hydrogens is 254 g/mol. The number of hydrogen-bond acceptors (Lipinski definition) is 3. The van der Waals surface area contributed by atoms with Gasteiger partial charge in [0.25, 0.3) is 0 Å². The lowest BCUT2D eigenvalue weighted by atomic mass is 10.1. The third-order valence-electron chi connectivity index (χ3n) is 2.90. The van der Waals surface area contributed by atoms with Crippen molar-refractivity contribution in [3.05, 3.63) is 54.1 Å². The third kappa shape index (κ3) is 3.51. The predicted molar refractivity (Wildman–Crippen MR) is 78.3 cm³/mol. The average Bonchev–Trinajstić information content (AvgIpc) is 2.48. The van der Waals surface area contributed by atoms with Crippen molar-refractivity contribution < 1.29 is 14.3 Å². The molecule has 20 heavy (non-hydrogen) atoms. The van der Waals surface area contributed by atoms with E-state index < -0.39 is 0 Å². The van der Waals surface area contributed by atoms with Gasteiger partial charge in [0.15, 0.2) is 0 Å². The van der Waals surface area contributed by atoms with Crippen LogP contribution in [0.3, 0.4) is 0 Å². The van der Waals surface area contributed by atoms with Crippen molar-refractivity contribution in [3.8, 4) is 11.5 Å². The van der Waals surface area contributed by atoms with Gasteiger partial charge in [-0.05, 0) is 30.3 Å². The molecule has 0 saturated carbocycles. The van der Waals surface area contributed by atoms with Gasteiger partial charge in [-0.3, -0.25) is 4.79 Å². The van der Waals surface area contributed by atoms with Crippen LogP contribution in [0.4, 0.5) is 5.69 Å². The van der Waals surface area contributed by atoms with Gasteiger partial charge in [0.1, 0.15) is 11.5 Å². The third-order valence-corrected chi connectivity index (χ3v) is 2.90. The summed E-state index contributed by atoms with van der Waals surface area (Å²) in [5.41, 5.74) is 1.57. The van der Waals surface area contributed by atoms with Crippen LogP contribution in [0.5, 0.6) is 11.5 Å². The predicted octanol–water partition coefficient (Wildman–Crippen LogP) is 2.89. The minimum atomic E-state index is -0.0947. The molecule has 0 atom stereocenters. The maximum absolute atomic E-state index is 12.0. The summed E-state index contributed by atoms with van der Waals surface area (Å²) < 4.78 is 10.4. The Morgan fingerprint density at radius 1 is 1.05 bits per heavy atom. The maximum Gasteiger partial charge on any atom is 0.228 e. The van der Waals surface area contributed by atoms with Crippen molar-refractivity contribution in [1.82, 2.24) is 0 Å². The molecule has 0 unspecified atom stereocenters. The van der Waals surface area contributed by atoms with Crippen LogP contribution in [-0.2, 0) is 11.2 Å². The Hall–Kier alpha value is -2.49. The van der Waals surface area contributed by atoms with E-state index in [0.717, 1.165) is 11.3 Å². The average molecular weight is 271 g/mol. The summed E-state index contributed by atoms with van der Waals surface area (Å²) in [5.74, 6) is 1.28. The van der Waals surface area contributed by atoms with E-state index in [4.69, 9.17) is 9.47 Å². The highest BCUT2D eigenvalue weighted by atomic mass is 16.5. The molecule has 0 bridgehead atoms. The van der Waals surface area contributed by atoms with Gasteiger partial charge in [0.05, 0.1) is 20.6 Å². The number of hydrogen-bond donors (Lipinski definition) is 1. The number of ether oxygens (including phenoxy) is 2. The first-order chi connectivity index (χ1) is 9.72. The molecular formula is C16H17NO3. The Kier molecular flexibility index (Phi) is 4.60. The fraction of sp³-hybridized carbons (Fsp3) is 0.188. The summed E-state index contributed by atoms with van der Waals surface area (Å²) in [6, 6.07) is 14.8. The number of para-hydroxylation sites is 1. The molecule has 2 aromatic rings. The number of amides is 1. The number of carbonyl (C=O) groups is 1. The van der Waals surface area contributed by atoms with Crippen LogP contribution in [0.1, 0.15) is 5.56 Å². The van der Waals surface area contributed by atoms with E-state index in [9.17, 15) is 4.79 Å². The van der Waals surface area contributed by atoms with Crippen LogP contribution in [0.25, 0.3) is 0 Å². The summed E-state index contributed by atoms with van der Waals surface area (Å²) in [6.07, 6.45) is 0.231. The molecule has 4 nitrogen and oxygen atoms in total. The second-order valence-electron chi connectivity index (χ2n) is 4.27. The van der Waals surface area contributed by atoms with Crippen LogP contribution in [0.2, 0.25) is 0 Å². The van der Waals surface area contributed by atoms with Crippen molar-refractivity contribution in [1.29, 1.82) is 0 Å². The smallest absolute Gasteiger partial charge is 0.228 e. The van der Waals surface area contributed by atoms with Crippen LogP contribution in [0, 0.1) is 0 Å². The zero-order valence-corrected chi connectivity index (χ0v) is 11.6. The number of anilines is 1. The summed E-state index contributed by atoms with van der Waals surface area (Å²) in [7, 11) is 3.18. The molecule has 2 rings (SSSR count). The molecule has 0 fully saturated rings. The lowest BCUT2D eigenvalue weighted by Gasteiger charge is -2.10. The molecule has 1 N–H and O–H groups in total. The maximum atomic E-state index is 12.0. The number of carbonyl (C=O) groups excluding carboxylic acids is 1. The van der Waals surface area contributed by atoms with Crippen LogP contribution in [0.15, 0.2) is 48.5 Å². The van der Waals surface area contributed by atoms with Crippen LogP contribution >= 0.6 is 0 Å². The van der Waals surface area contributed by atoms with Gasteiger partial charge in [-0.15, -0.1) is 0 Å². The number of benzene rings is 2. The van der Waals surface area contributed by atoms with E-state index in [1.54, 1.807) is 26.4 Å². The van der Waals surface area contributed by atoms with Crippen molar-refractivity contribution in [2.45, 2.75) is 6.42 Å². The van der Waals surface area contributed by atoms with Crippen molar-refractivity contribution >= 4 is 11.6 Å². The van der Waals surface area contributed by atoms with Gasteiger partial charge in [-0.25, -0.2) is 0 Å². The minimum absolute atomic E-state index is 0.0947. The number of nitrogens with one attached hydrogen (secondary N) is 1. The molecule has 0 aliphatic rings. The molecule has 0 radical (unpaired) electrons. The summed E-state index contributed by atoms with van der Waals surface area (Å²) in [4.78, 5) is 12.0. The van der Waals surface area contributed by atoms with Gasteiger partial charge < -0.3 is 14.8 Å². The summed E-state index contributed by atoms with van der Waals surface area (Å²) >= 11 is 0. The number of rotatable bonds is 5. The fourth-order valence-corrected chi connectivity index (χ4v) is 1.92. The van der Waals surface area contributed by atoms with Gasteiger partial charge in [0.2, 0.25) is 5.91 Å². The quantitative estimate of drug-likeness (QED) is 0.909. The molecule has 1 amide bonds. The largest absolute Gasteiger partial charge is 0.497 e. The lowest BCUT2D eigenvalue weighted by molar-refractivity contribution is -0.115. The van der Waals surface area contributed by atoms with Crippen LogP contribution in [-0.4, -0.2) is 20.1 Å². The van der Waals surface area contributed by atoms with E-state index in [1.807, 2.05) is 36.4 Å². The second kappa shape index (κ2) is 6.61. The normalized spacial score (nSPS) is 9.90. The number of methoxy groups -OCH3 is 2. The zero-order valence-electron chi connectivity index (χ0n) is 11.6. The highest BCUT2D eigenvalue weighted by Gasteiger charge is 2.10. The van der Waals surface area contributed by atoms with Crippen molar-refractivity contribution in [3.63, 3.8) is 0 Å². The highest BCUT2D eigenvalue weighted by Crippen LogP contribution is 2.24. The van der Waals surface area contributed by atoms with E-state index >= 15 is 0 Å². The molecule has 0 aliphatic carbocycles. The van der Waals surface area contributed by atoms with E-state index in [1.165, 1.54) is 0 Å². The Bertz CT molecular complexity index is 582. The topological polar surface area (TPSA) is 47.6 Å². The first-order valence-electron chi connectivity index (χ1n) is 6.28. The van der Waals surface area contributed by atoms with Crippen LogP contribution < -0.4 is 14.8 Å². The van der Waals surface area contributed by atoms with Gasteiger partial charge in [-0.2, -0.15) is 0 Å². The Morgan fingerprint density at radius 2 is 1.80 bits per heavy atom. The first-order valence-corrected chi connectivity index (χ1v) is 6.28. The van der Waals surface area contributed by atoms with E-state index in [-0.39, 0.29) is 12.3 Å². The molecule has 104 valence electrons. The Labute approximate surface area is 118 Å². The second-order valence-corrected chi connectivity index (χ2v) is 4.27. The molecule has 0 heterocycles. The molecule has 0 spiro atoms. The van der Waals surface area contributed by atoms with Gasteiger partial charge in [-0.1, -0.05) is 18.2 Å². The van der Waals surface area contributed by atoms with Crippen molar-refractivity contribution in [2.24, 2.45) is 0 Å². The molecule has 0 aliphatic heterocycles. The Morgan fingerprint density at radius 3 is 2.45 bits per heavy atom. The molecule has 2 aromatic carbocycles. The molecule has 4 heteroatoms. The molecule has 0 aromatic heterocycles. The lowest BCUT2D eigenvalue weighted by Crippen LogP contribution is -2.14. The monoisotopic (exact) mass is 271 g/mol.